The largest absolute Gasteiger partial charge is 0.480 e. The molecule has 0 spiro atoms. The fourth-order valence-corrected chi connectivity index (χ4v) is 0.712. The van der Waals surface area contributed by atoms with Gasteiger partial charge < -0.3 is 26.4 Å². The van der Waals surface area contributed by atoms with Crippen molar-refractivity contribution in [2.75, 3.05) is 26.9 Å². The third kappa shape index (κ3) is 30.0. The highest BCUT2D eigenvalue weighted by Crippen LogP contribution is 2.31. The third-order valence-electron chi connectivity index (χ3n) is 0.594. The molecule has 0 atom stereocenters. The molecule has 0 unspecified atom stereocenters. The van der Waals surface area contributed by atoms with Gasteiger partial charge in [0.1, 0.15) is 0 Å². The van der Waals surface area contributed by atoms with E-state index in [2.05, 4.69) is 16.8 Å². The lowest BCUT2D eigenvalue weighted by Gasteiger charge is -2.02. The zero-order chi connectivity index (χ0) is 12.2. The lowest BCUT2D eigenvalue weighted by Crippen LogP contribution is -2.23. The van der Waals surface area contributed by atoms with Gasteiger partial charge in [0.15, 0.2) is 0 Å². The topological polar surface area (TPSA) is 159 Å². The predicted octanol–water partition coefficient (Wildman–Crippen LogP) is -2.05. The van der Waals surface area contributed by atoms with Crippen LogP contribution in [0.25, 0.3) is 0 Å². The Morgan fingerprint density at radius 3 is 1.86 bits per heavy atom. The molecule has 8 nitrogen and oxygen atoms in total. The van der Waals surface area contributed by atoms with Crippen LogP contribution in [0.1, 0.15) is 0 Å². The molecule has 0 amide bonds. The Kier molecular flexibility index (Phi) is 17.1. The molecule has 8 N–H and O–H groups in total. The van der Waals surface area contributed by atoms with Gasteiger partial charge in [0.05, 0.1) is 12.8 Å². The number of carbonyl (C=O) groups is 1. The second-order valence-corrected chi connectivity index (χ2v) is 3.29. The van der Waals surface area contributed by atoms with Gasteiger partial charge in [-0.15, -0.1) is 0 Å². The molecule has 0 aliphatic rings. The smallest absolute Gasteiger partial charge is 0.339 e. The first-order chi connectivity index (χ1) is 6.42. The van der Waals surface area contributed by atoms with Crippen molar-refractivity contribution in [3.8, 4) is 0 Å². The van der Waals surface area contributed by atoms with E-state index in [1.165, 1.54) is 14.1 Å². The van der Waals surface area contributed by atoms with E-state index < -0.39 is 26.4 Å². The number of hydrogen-bond acceptors (Lipinski definition) is 5. The van der Waals surface area contributed by atoms with Crippen LogP contribution in [0.15, 0.2) is 0 Å². The number of nitrogens with one attached hydrogen (secondary N) is 1. The van der Waals surface area contributed by atoms with Crippen LogP contribution in [-0.2, 0) is 9.36 Å². The molecule has 0 radical (unpaired) electrons. The molecule has 14 heavy (non-hydrogen) atoms. The first-order valence-electron chi connectivity index (χ1n) is 3.54. The molecular weight excluding hydrogens is 213 g/mol. The maximum Gasteiger partial charge on any atom is 0.339 e. The molecule has 0 bridgehead atoms. The van der Waals surface area contributed by atoms with Crippen LogP contribution < -0.4 is 16.8 Å². The average Bonchev–Trinajstić information content (AvgIpc) is 2.08. The fourth-order valence-electron chi connectivity index (χ4n) is 0.308. The van der Waals surface area contributed by atoms with E-state index in [1.807, 2.05) is 0 Å². The molecule has 0 aliphatic heterocycles. The fraction of sp³-hybridized carbons (Fsp3) is 0.800. The van der Waals surface area contributed by atoms with E-state index in [9.17, 15) is 9.36 Å². The number of nitrogens with two attached hydrogens (primary N) is 2. The summed E-state index contributed by atoms with van der Waals surface area (Å²) in [5, 5.41) is 10.1. The Balaban J connectivity index is -0.000000266. The van der Waals surface area contributed by atoms with Gasteiger partial charge >= 0.3 is 13.6 Å². The Hall–Kier alpha value is -0.500. The zero-order valence-electron chi connectivity index (χ0n) is 8.17. The zero-order valence-corrected chi connectivity index (χ0v) is 9.07. The highest BCUT2D eigenvalue weighted by Gasteiger charge is 2.11. The third-order valence-corrected chi connectivity index (χ3v) is 1.23. The summed E-state index contributed by atoms with van der Waals surface area (Å²) in [6.45, 7) is -0.439. The summed E-state index contributed by atoms with van der Waals surface area (Å²) < 4.78 is 10.1. The Morgan fingerprint density at radius 1 is 1.29 bits per heavy atom. The number of aliphatic carboxylic acids is 1. The van der Waals surface area contributed by atoms with Crippen LogP contribution in [0.4, 0.5) is 0 Å². The minimum atomic E-state index is -4.10. The molecule has 88 valence electrons. The van der Waals surface area contributed by atoms with Crippen molar-refractivity contribution >= 4 is 13.6 Å². The average molecular weight is 231 g/mol. The molecule has 0 saturated carbocycles. The lowest BCUT2D eigenvalue weighted by atomic mass is 10.7. The predicted molar refractivity (Wildman–Crippen MR) is 52.8 cm³/mol. The van der Waals surface area contributed by atoms with Gasteiger partial charge in [-0.2, -0.15) is 0 Å². The van der Waals surface area contributed by atoms with Crippen LogP contribution in [0.3, 0.4) is 0 Å². The molecule has 0 aromatic carbocycles. The summed E-state index contributed by atoms with van der Waals surface area (Å²) in [6, 6.07) is 0. The molecular formula is C5H18N3O5P. The summed E-state index contributed by atoms with van der Waals surface area (Å²) in [7, 11) is -1.10. The van der Waals surface area contributed by atoms with E-state index in [-0.39, 0.29) is 0 Å². The maximum atomic E-state index is 10.1. The molecule has 9 heteroatoms. The molecule has 0 aliphatic carbocycles. The van der Waals surface area contributed by atoms with E-state index in [0.717, 1.165) is 0 Å². The molecule has 0 aromatic rings. The van der Waals surface area contributed by atoms with Crippen LogP contribution in [-0.4, -0.2) is 47.8 Å². The van der Waals surface area contributed by atoms with Crippen LogP contribution in [0.2, 0.25) is 0 Å². The minimum Gasteiger partial charge on any atom is -0.480 e. The number of rotatable bonds is 4. The van der Waals surface area contributed by atoms with Crippen molar-refractivity contribution in [3.05, 3.63) is 0 Å². The summed E-state index contributed by atoms with van der Waals surface area (Å²) in [6.07, 6.45) is -0.598. The van der Waals surface area contributed by atoms with Crippen molar-refractivity contribution in [3.63, 3.8) is 0 Å². The number of carboxylic acids is 1. The standard InChI is InChI=1S/C3H8NO5P.2CH5N/c5-3(6)1-4-2-10(7,8)9;2*1-2/h4H,1-2H2,(H,5,6)(H2,7,8,9);2*2H2,1H3. The van der Waals surface area contributed by atoms with Crippen molar-refractivity contribution < 1.29 is 24.3 Å². The van der Waals surface area contributed by atoms with Gasteiger partial charge in [-0.25, -0.2) is 0 Å². The first-order valence-corrected chi connectivity index (χ1v) is 5.34. The monoisotopic (exact) mass is 231 g/mol. The molecule has 0 saturated heterocycles. The number of hydrogen-bond donors (Lipinski definition) is 6. The quantitative estimate of drug-likeness (QED) is 0.301. The van der Waals surface area contributed by atoms with Crippen LogP contribution >= 0.6 is 7.60 Å². The summed E-state index contributed by atoms with van der Waals surface area (Å²) >= 11 is 0. The number of carboxylic acid groups (broad SMARTS) is 1. The van der Waals surface area contributed by atoms with Gasteiger partial charge in [0, 0.05) is 0 Å². The van der Waals surface area contributed by atoms with E-state index in [1.54, 1.807) is 0 Å². The van der Waals surface area contributed by atoms with Crippen molar-refractivity contribution in [1.82, 2.24) is 5.32 Å². The van der Waals surface area contributed by atoms with E-state index in [4.69, 9.17) is 14.9 Å². The van der Waals surface area contributed by atoms with Gasteiger partial charge in [-0.3, -0.25) is 14.7 Å². The lowest BCUT2D eigenvalue weighted by molar-refractivity contribution is -0.135. The molecule has 0 rings (SSSR count). The highest BCUT2D eigenvalue weighted by atomic mass is 31.2. The Morgan fingerprint density at radius 2 is 1.64 bits per heavy atom. The SMILES string of the molecule is CN.CN.O=C(O)CNCP(=O)(O)O. The minimum absolute atomic E-state index is 0.439. The van der Waals surface area contributed by atoms with Crippen LogP contribution in [0.5, 0.6) is 0 Å². The highest BCUT2D eigenvalue weighted by molar-refractivity contribution is 7.51. The van der Waals surface area contributed by atoms with Gasteiger partial charge in [-0.05, 0) is 14.1 Å². The van der Waals surface area contributed by atoms with Gasteiger partial charge in [0.25, 0.3) is 0 Å². The second-order valence-electron chi connectivity index (χ2n) is 1.64. The van der Waals surface area contributed by atoms with E-state index in [0.29, 0.717) is 0 Å². The maximum absolute atomic E-state index is 10.1. The van der Waals surface area contributed by atoms with Crippen molar-refractivity contribution in [2.24, 2.45) is 11.5 Å². The van der Waals surface area contributed by atoms with Crippen molar-refractivity contribution in [1.29, 1.82) is 0 Å². The summed E-state index contributed by atoms with van der Waals surface area (Å²) in [5.41, 5.74) is 9.00. The molecule has 0 heterocycles. The van der Waals surface area contributed by atoms with Crippen LogP contribution in [0, 0.1) is 0 Å². The summed E-state index contributed by atoms with van der Waals surface area (Å²) in [5.74, 6) is -1.14. The van der Waals surface area contributed by atoms with Crippen molar-refractivity contribution in [2.45, 2.75) is 0 Å². The van der Waals surface area contributed by atoms with Gasteiger partial charge in [-0.1, -0.05) is 0 Å². The molecule has 0 aromatic heterocycles. The second kappa shape index (κ2) is 12.5. The van der Waals surface area contributed by atoms with Gasteiger partial charge in [0.2, 0.25) is 0 Å². The Bertz CT molecular complexity index is 171. The Labute approximate surface area is 82.4 Å². The molecule has 0 fully saturated rings. The normalized spacial score (nSPS) is 9.00. The first kappa shape index (κ1) is 19.1. The van der Waals surface area contributed by atoms with E-state index >= 15 is 0 Å². The summed E-state index contributed by atoms with van der Waals surface area (Å²) in [4.78, 5) is 26.1.